The van der Waals surface area contributed by atoms with Crippen molar-refractivity contribution in [2.45, 2.75) is 18.9 Å². The van der Waals surface area contributed by atoms with Crippen LogP contribution >= 0.6 is 0 Å². The minimum atomic E-state index is -1.31. The topological polar surface area (TPSA) is 95.4 Å². The van der Waals surface area contributed by atoms with E-state index in [1.165, 1.54) is 10.8 Å². The number of aromatic carboxylic acids is 1. The van der Waals surface area contributed by atoms with E-state index in [9.17, 15) is 14.4 Å². The Morgan fingerprint density at radius 3 is 2.53 bits per heavy atom. The summed E-state index contributed by atoms with van der Waals surface area (Å²) in [4.78, 5) is 38.6. The molecular weight excluding hydrogens is 250 g/mol. The Hall–Kier alpha value is -1.89. The summed E-state index contributed by atoms with van der Waals surface area (Å²) in [5.74, 6) is -0.925. The van der Waals surface area contributed by atoms with E-state index in [2.05, 4.69) is 9.88 Å². The van der Waals surface area contributed by atoms with E-state index in [1.54, 1.807) is 0 Å². The number of hydrogen-bond donors (Lipinski definition) is 2. The third-order valence-corrected chi connectivity index (χ3v) is 4.18. The molecule has 0 spiro atoms. The Kier molecular flexibility index (Phi) is 2.78. The Bertz CT molecular complexity index is 625. The molecule has 7 heteroatoms. The van der Waals surface area contributed by atoms with Crippen LogP contribution in [0.15, 0.2) is 15.8 Å². The van der Waals surface area contributed by atoms with Crippen molar-refractivity contribution < 1.29 is 9.90 Å². The predicted octanol–water partition coefficient (Wildman–Crippen LogP) is -0.498. The molecule has 2 N–H and O–H groups in total. The average Bonchev–Trinajstić information content (AvgIpc) is 2.39. The summed E-state index contributed by atoms with van der Waals surface area (Å²) in [6.07, 6.45) is 3.22. The Balaban J connectivity index is 2.05. The second kappa shape index (κ2) is 4.34. The number of rotatable bonds is 2. The van der Waals surface area contributed by atoms with Crippen LogP contribution in [0, 0.1) is 5.92 Å². The first-order valence-corrected chi connectivity index (χ1v) is 6.37. The van der Waals surface area contributed by atoms with Gasteiger partial charge in [-0.2, -0.15) is 0 Å². The van der Waals surface area contributed by atoms with Crippen LogP contribution < -0.4 is 11.2 Å². The fourth-order valence-corrected chi connectivity index (χ4v) is 3.13. The lowest BCUT2D eigenvalue weighted by molar-refractivity contribution is 0.0539. The van der Waals surface area contributed by atoms with Gasteiger partial charge in [0.05, 0.1) is 6.04 Å². The van der Waals surface area contributed by atoms with Gasteiger partial charge in [0.2, 0.25) is 0 Å². The van der Waals surface area contributed by atoms with Gasteiger partial charge in [-0.05, 0) is 31.8 Å². The van der Waals surface area contributed by atoms with Crippen molar-refractivity contribution in [3.8, 4) is 0 Å². The minimum absolute atomic E-state index is 0.0371. The maximum absolute atomic E-state index is 11.9. The number of nitrogens with zero attached hydrogens (tertiary/aromatic N) is 2. The molecule has 19 heavy (non-hydrogen) atoms. The fraction of sp³-hybridized carbons (Fsp3) is 0.583. The number of nitrogens with one attached hydrogen (secondary N) is 1. The number of hydrogen-bond acceptors (Lipinski definition) is 4. The Morgan fingerprint density at radius 1 is 1.32 bits per heavy atom. The van der Waals surface area contributed by atoms with E-state index in [-0.39, 0.29) is 11.6 Å². The molecule has 3 aliphatic heterocycles. The molecular formula is C12H15N3O4. The van der Waals surface area contributed by atoms with E-state index < -0.39 is 17.2 Å². The summed E-state index contributed by atoms with van der Waals surface area (Å²) in [5.41, 5.74) is -1.74. The SMILES string of the molecule is O=C(O)c1cn([C@@H]2CN3CCC2CC3)c(=O)[nH]c1=O. The summed E-state index contributed by atoms with van der Waals surface area (Å²) >= 11 is 0. The molecule has 0 saturated carbocycles. The molecule has 102 valence electrons. The number of aromatic amines is 1. The van der Waals surface area contributed by atoms with E-state index in [4.69, 9.17) is 5.11 Å². The number of piperidine rings is 3. The lowest BCUT2D eigenvalue weighted by Crippen LogP contribution is -2.51. The van der Waals surface area contributed by atoms with Gasteiger partial charge in [0.25, 0.3) is 5.56 Å². The second-order valence-corrected chi connectivity index (χ2v) is 5.22. The molecule has 7 nitrogen and oxygen atoms in total. The smallest absolute Gasteiger partial charge is 0.342 e. The van der Waals surface area contributed by atoms with Crippen LogP contribution in [0.5, 0.6) is 0 Å². The normalized spacial score (nSPS) is 29.4. The summed E-state index contributed by atoms with van der Waals surface area (Å²) in [5, 5.41) is 8.97. The van der Waals surface area contributed by atoms with Gasteiger partial charge in [-0.25, -0.2) is 9.59 Å². The molecule has 2 bridgehead atoms. The van der Waals surface area contributed by atoms with Gasteiger partial charge < -0.3 is 10.0 Å². The number of fused-ring (bicyclic) bond motifs is 3. The zero-order valence-electron chi connectivity index (χ0n) is 10.3. The molecule has 1 aromatic rings. The molecule has 1 atom stereocenters. The van der Waals surface area contributed by atoms with Crippen LogP contribution in [-0.4, -0.2) is 45.2 Å². The van der Waals surface area contributed by atoms with Crippen LogP contribution in [0.1, 0.15) is 29.2 Å². The summed E-state index contributed by atoms with van der Waals surface area (Å²) in [6.45, 7) is 2.81. The van der Waals surface area contributed by atoms with Crippen LogP contribution in [0.25, 0.3) is 0 Å². The fourth-order valence-electron chi connectivity index (χ4n) is 3.13. The molecule has 4 heterocycles. The molecule has 0 aromatic carbocycles. The number of H-pyrrole nitrogens is 1. The monoisotopic (exact) mass is 265 g/mol. The molecule has 3 fully saturated rings. The quantitative estimate of drug-likeness (QED) is 0.751. The third kappa shape index (κ3) is 1.99. The summed E-state index contributed by atoms with van der Waals surface area (Å²) in [7, 11) is 0. The molecule has 3 saturated heterocycles. The highest BCUT2D eigenvalue weighted by molar-refractivity contribution is 5.86. The molecule has 0 amide bonds. The molecule has 0 unspecified atom stereocenters. The van der Waals surface area contributed by atoms with Crippen LogP contribution in [0.3, 0.4) is 0 Å². The third-order valence-electron chi connectivity index (χ3n) is 4.18. The zero-order chi connectivity index (χ0) is 13.6. The van der Waals surface area contributed by atoms with E-state index in [0.717, 1.165) is 32.5 Å². The van der Waals surface area contributed by atoms with Gasteiger partial charge in [0.15, 0.2) is 0 Å². The largest absolute Gasteiger partial charge is 0.477 e. The van der Waals surface area contributed by atoms with E-state index in [1.807, 2.05) is 0 Å². The van der Waals surface area contributed by atoms with Crippen LogP contribution in [0.2, 0.25) is 0 Å². The van der Waals surface area contributed by atoms with Gasteiger partial charge in [0, 0.05) is 12.7 Å². The first kappa shape index (κ1) is 12.2. The maximum atomic E-state index is 11.9. The van der Waals surface area contributed by atoms with Gasteiger partial charge in [-0.1, -0.05) is 0 Å². The Labute approximate surface area is 108 Å². The highest BCUT2D eigenvalue weighted by atomic mass is 16.4. The van der Waals surface area contributed by atoms with Gasteiger partial charge in [-0.3, -0.25) is 14.3 Å². The summed E-state index contributed by atoms with van der Waals surface area (Å²) < 4.78 is 1.39. The van der Waals surface area contributed by atoms with Crippen LogP contribution in [-0.2, 0) is 0 Å². The number of aromatic nitrogens is 2. The first-order chi connectivity index (χ1) is 9.06. The molecule has 4 rings (SSSR count). The second-order valence-electron chi connectivity index (χ2n) is 5.22. The summed E-state index contributed by atoms with van der Waals surface area (Å²) in [6, 6.07) is -0.0371. The number of carboxylic acid groups (broad SMARTS) is 1. The predicted molar refractivity (Wildman–Crippen MR) is 66.5 cm³/mol. The molecule has 1 aromatic heterocycles. The van der Waals surface area contributed by atoms with Crippen molar-refractivity contribution in [2.24, 2.45) is 5.92 Å². The number of carboxylic acids is 1. The van der Waals surface area contributed by atoms with E-state index >= 15 is 0 Å². The number of carbonyl (C=O) groups is 1. The lowest BCUT2D eigenvalue weighted by atomic mass is 9.84. The minimum Gasteiger partial charge on any atom is -0.477 e. The lowest BCUT2D eigenvalue weighted by Gasteiger charge is -2.45. The highest BCUT2D eigenvalue weighted by Crippen LogP contribution is 2.34. The maximum Gasteiger partial charge on any atom is 0.342 e. The van der Waals surface area contributed by atoms with Crippen LogP contribution in [0.4, 0.5) is 0 Å². The van der Waals surface area contributed by atoms with Crippen molar-refractivity contribution in [2.75, 3.05) is 19.6 Å². The van der Waals surface area contributed by atoms with E-state index in [0.29, 0.717) is 5.92 Å². The standard InChI is InChI=1S/C12H15N3O4/c16-10-8(11(17)18)5-15(12(19)13-10)9-6-14-3-1-7(9)2-4-14/h5,7,9H,1-4,6H2,(H,17,18)(H,13,16,19)/t9-/m1/s1. The molecule has 0 radical (unpaired) electrons. The highest BCUT2D eigenvalue weighted by Gasteiger charge is 2.36. The van der Waals surface area contributed by atoms with Crippen molar-refractivity contribution in [1.82, 2.24) is 14.5 Å². The van der Waals surface area contributed by atoms with Crippen molar-refractivity contribution >= 4 is 5.97 Å². The van der Waals surface area contributed by atoms with Gasteiger partial charge >= 0.3 is 11.7 Å². The van der Waals surface area contributed by atoms with Gasteiger partial charge in [0.1, 0.15) is 5.56 Å². The average molecular weight is 265 g/mol. The Morgan fingerprint density at radius 2 is 2.00 bits per heavy atom. The van der Waals surface area contributed by atoms with Gasteiger partial charge in [-0.15, -0.1) is 0 Å². The first-order valence-electron chi connectivity index (χ1n) is 6.37. The van der Waals surface area contributed by atoms with Crippen molar-refractivity contribution in [3.63, 3.8) is 0 Å². The molecule has 3 aliphatic rings. The van der Waals surface area contributed by atoms with Crippen molar-refractivity contribution in [1.29, 1.82) is 0 Å². The van der Waals surface area contributed by atoms with Crippen molar-refractivity contribution in [3.05, 3.63) is 32.6 Å². The zero-order valence-corrected chi connectivity index (χ0v) is 10.3. The molecule has 0 aliphatic carbocycles.